The van der Waals surface area contributed by atoms with Gasteiger partial charge in [-0.25, -0.2) is 0 Å². The monoisotopic (exact) mass is 241 g/mol. The molecule has 0 saturated carbocycles. The van der Waals surface area contributed by atoms with Crippen molar-refractivity contribution in [2.45, 2.75) is 19.4 Å². The van der Waals surface area contributed by atoms with Crippen molar-refractivity contribution in [3.63, 3.8) is 0 Å². The Morgan fingerprint density at radius 3 is 2.72 bits per heavy atom. The summed E-state index contributed by atoms with van der Waals surface area (Å²) in [7, 11) is 0. The average Bonchev–Trinajstić information content (AvgIpc) is 2.84. The van der Waals surface area contributed by atoms with Gasteiger partial charge in [-0.05, 0) is 36.1 Å². The molecule has 0 spiro atoms. The molecule has 0 radical (unpaired) electrons. The second-order valence-electron chi connectivity index (χ2n) is 4.58. The van der Waals surface area contributed by atoms with Crippen molar-refractivity contribution < 1.29 is 9.21 Å². The summed E-state index contributed by atoms with van der Waals surface area (Å²) in [6.07, 6.45) is 3.58. The van der Waals surface area contributed by atoms with Gasteiger partial charge in [-0.2, -0.15) is 0 Å². The first kappa shape index (κ1) is 11.1. The van der Waals surface area contributed by atoms with Gasteiger partial charge in [0, 0.05) is 13.1 Å². The van der Waals surface area contributed by atoms with Gasteiger partial charge < -0.3 is 9.32 Å². The fourth-order valence-electron chi connectivity index (χ4n) is 2.43. The molecule has 1 amide bonds. The standard InChI is InChI=1S/C15H15NO2/c17-15(14-8-4-10-18-14)16-9-3-7-12-5-1-2-6-13(12)11-16/h1-2,4-6,8,10H,3,7,9,11H2. The number of fused-ring (bicyclic) bond motifs is 1. The van der Waals surface area contributed by atoms with Crippen LogP contribution in [0.25, 0.3) is 0 Å². The lowest BCUT2D eigenvalue weighted by atomic mass is 10.0. The predicted octanol–water partition coefficient (Wildman–Crippen LogP) is 2.87. The lowest BCUT2D eigenvalue weighted by Gasteiger charge is -2.19. The van der Waals surface area contributed by atoms with Gasteiger partial charge in [0.15, 0.2) is 5.76 Å². The van der Waals surface area contributed by atoms with E-state index in [1.165, 1.54) is 11.1 Å². The van der Waals surface area contributed by atoms with E-state index in [1.54, 1.807) is 18.4 Å². The lowest BCUT2D eigenvalue weighted by Crippen LogP contribution is -2.30. The zero-order chi connectivity index (χ0) is 12.4. The Morgan fingerprint density at radius 2 is 1.94 bits per heavy atom. The maximum Gasteiger partial charge on any atom is 0.289 e. The summed E-state index contributed by atoms with van der Waals surface area (Å²) in [4.78, 5) is 14.1. The molecule has 0 bridgehead atoms. The maximum absolute atomic E-state index is 12.3. The molecular weight excluding hydrogens is 226 g/mol. The number of nitrogens with zero attached hydrogens (tertiary/aromatic N) is 1. The first-order valence-corrected chi connectivity index (χ1v) is 6.24. The molecule has 0 N–H and O–H groups in total. The Morgan fingerprint density at radius 1 is 1.11 bits per heavy atom. The summed E-state index contributed by atoms with van der Waals surface area (Å²) in [6, 6.07) is 11.8. The van der Waals surface area contributed by atoms with E-state index in [4.69, 9.17) is 4.42 Å². The fraction of sp³-hybridized carbons (Fsp3) is 0.267. The zero-order valence-electron chi connectivity index (χ0n) is 10.1. The van der Waals surface area contributed by atoms with Crippen LogP contribution in [-0.2, 0) is 13.0 Å². The second-order valence-corrected chi connectivity index (χ2v) is 4.58. The first-order valence-electron chi connectivity index (χ1n) is 6.24. The Labute approximate surface area is 106 Å². The van der Waals surface area contributed by atoms with Gasteiger partial charge >= 0.3 is 0 Å². The van der Waals surface area contributed by atoms with E-state index < -0.39 is 0 Å². The van der Waals surface area contributed by atoms with E-state index in [1.807, 2.05) is 11.0 Å². The Kier molecular flexibility index (Phi) is 2.89. The smallest absolute Gasteiger partial charge is 0.289 e. The molecule has 18 heavy (non-hydrogen) atoms. The highest BCUT2D eigenvalue weighted by Crippen LogP contribution is 2.20. The quantitative estimate of drug-likeness (QED) is 0.769. The van der Waals surface area contributed by atoms with Crippen molar-refractivity contribution in [3.05, 3.63) is 59.5 Å². The highest BCUT2D eigenvalue weighted by molar-refractivity contribution is 5.91. The highest BCUT2D eigenvalue weighted by atomic mass is 16.3. The second kappa shape index (κ2) is 4.69. The van der Waals surface area contributed by atoms with Gasteiger partial charge in [0.1, 0.15) is 0 Å². The van der Waals surface area contributed by atoms with E-state index in [9.17, 15) is 4.79 Å². The zero-order valence-corrected chi connectivity index (χ0v) is 10.1. The van der Waals surface area contributed by atoms with Gasteiger partial charge in [-0.3, -0.25) is 4.79 Å². The lowest BCUT2D eigenvalue weighted by molar-refractivity contribution is 0.0713. The van der Waals surface area contributed by atoms with Crippen LogP contribution in [0.5, 0.6) is 0 Å². The first-order chi connectivity index (χ1) is 8.84. The van der Waals surface area contributed by atoms with Crippen molar-refractivity contribution in [1.82, 2.24) is 4.90 Å². The third-order valence-corrected chi connectivity index (χ3v) is 3.37. The van der Waals surface area contributed by atoms with E-state index in [0.29, 0.717) is 12.3 Å². The van der Waals surface area contributed by atoms with Crippen molar-refractivity contribution >= 4 is 5.91 Å². The summed E-state index contributed by atoms with van der Waals surface area (Å²) in [6.45, 7) is 1.46. The molecule has 0 atom stereocenters. The molecule has 0 unspecified atom stereocenters. The molecule has 3 heteroatoms. The van der Waals surface area contributed by atoms with Crippen LogP contribution in [0.15, 0.2) is 47.1 Å². The van der Waals surface area contributed by atoms with Gasteiger partial charge in [0.25, 0.3) is 5.91 Å². The molecule has 3 nitrogen and oxygen atoms in total. The topological polar surface area (TPSA) is 33.5 Å². The SMILES string of the molecule is O=C(c1ccco1)N1CCCc2ccccc2C1. The average molecular weight is 241 g/mol. The summed E-state index contributed by atoms with van der Waals surface area (Å²) in [5.74, 6) is 0.408. The molecule has 1 aliphatic heterocycles. The van der Waals surface area contributed by atoms with Crippen molar-refractivity contribution in [1.29, 1.82) is 0 Å². The van der Waals surface area contributed by atoms with E-state index in [0.717, 1.165) is 19.4 Å². The van der Waals surface area contributed by atoms with Crippen LogP contribution < -0.4 is 0 Å². The van der Waals surface area contributed by atoms with Crippen LogP contribution >= 0.6 is 0 Å². The number of furan rings is 1. The molecule has 1 aliphatic rings. The molecule has 2 heterocycles. The summed E-state index contributed by atoms with van der Waals surface area (Å²) in [5.41, 5.74) is 2.60. The summed E-state index contributed by atoms with van der Waals surface area (Å²) < 4.78 is 5.19. The Hall–Kier alpha value is -2.03. The molecule has 92 valence electrons. The van der Waals surface area contributed by atoms with Crippen LogP contribution in [0.3, 0.4) is 0 Å². The molecule has 0 saturated heterocycles. The van der Waals surface area contributed by atoms with E-state index in [-0.39, 0.29) is 5.91 Å². The molecule has 0 aliphatic carbocycles. The van der Waals surface area contributed by atoms with Crippen LogP contribution in [-0.4, -0.2) is 17.4 Å². The molecule has 2 aromatic rings. The molecule has 3 rings (SSSR count). The minimum Gasteiger partial charge on any atom is -0.459 e. The number of hydrogen-bond donors (Lipinski definition) is 0. The van der Waals surface area contributed by atoms with Gasteiger partial charge in [0.05, 0.1) is 6.26 Å². The number of aryl methyl sites for hydroxylation is 1. The number of rotatable bonds is 1. The van der Waals surface area contributed by atoms with Crippen LogP contribution in [0.1, 0.15) is 28.1 Å². The minimum atomic E-state index is -0.0169. The van der Waals surface area contributed by atoms with E-state index >= 15 is 0 Å². The van der Waals surface area contributed by atoms with E-state index in [2.05, 4.69) is 18.2 Å². The van der Waals surface area contributed by atoms with Crippen LogP contribution in [0.2, 0.25) is 0 Å². The number of carbonyl (C=O) groups excluding carboxylic acids is 1. The number of carbonyl (C=O) groups is 1. The third kappa shape index (κ3) is 2.04. The van der Waals surface area contributed by atoms with Gasteiger partial charge in [-0.1, -0.05) is 24.3 Å². The largest absolute Gasteiger partial charge is 0.459 e. The van der Waals surface area contributed by atoms with Gasteiger partial charge in [0.2, 0.25) is 0 Å². The minimum absolute atomic E-state index is 0.0169. The van der Waals surface area contributed by atoms with Crippen LogP contribution in [0.4, 0.5) is 0 Å². The predicted molar refractivity (Wildman–Crippen MR) is 68.2 cm³/mol. The van der Waals surface area contributed by atoms with Crippen molar-refractivity contribution in [2.75, 3.05) is 6.54 Å². The number of benzene rings is 1. The number of amides is 1. The van der Waals surface area contributed by atoms with Crippen molar-refractivity contribution in [2.24, 2.45) is 0 Å². The fourth-order valence-corrected chi connectivity index (χ4v) is 2.43. The van der Waals surface area contributed by atoms with Crippen molar-refractivity contribution in [3.8, 4) is 0 Å². The third-order valence-electron chi connectivity index (χ3n) is 3.37. The maximum atomic E-state index is 12.3. The molecule has 1 aromatic heterocycles. The summed E-state index contributed by atoms with van der Waals surface area (Å²) in [5, 5.41) is 0. The van der Waals surface area contributed by atoms with Crippen LogP contribution in [0, 0.1) is 0 Å². The van der Waals surface area contributed by atoms with Gasteiger partial charge in [-0.15, -0.1) is 0 Å². The highest BCUT2D eigenvalue weighted by Gasteiger charge is 2.21. The Balaban J connectivity index is 1.85. The molecular formula is C15H15NO2. The normalized spacial score (nSPS) is 15.0. The molecule has 1 aromatic carbocycles. The molecule has 0 fully saturated rings. The summed E-state index contributed by atoms with van der Waals surface area (Å²) >= 11 is 0. The number of hydrogen-bond acceptors (Lipinski definition) is 2. The Bertz CT molecular complexity index is 545.